The Hall–Kier alpha value is -0.570. The summed E-state index contributed by atoms with van der Waals surface area (Å²) in [7, 11) is 1.44. The maximum atomic E-state index is 10.8. The highest BCUT2D eigenvalue weighted by Crippen LogP contribution is 2.09. The van der Waals surface area contributed by atoms with Crippen LogP contribution in [0.1, 0.15) is 39.5 Å². The van der Waals surface area contributed by atoms with Gasteiger partial charge in [-0.15, -0.1) is 0 Å². The molecule has 0 spiro atoms. The molecule has 13 heavy (non-hydrogen) atoms. The Labute approximate surface area is 80.8 Å². The van der Waals surface area contributed by atoms with Crippen molar-refractivity contribution < 1.29 is 9.53 Å². The number of carbonyl (C=O) groups excluding carboxylic acids is 1. The fourth-order valence-corrected chi connectivity index (χ4v) is 1.38. The zero-order valence-electron chi connectivity index (χ0n) is 8.93. The van der Waals surface area contributed by atoms with Crippen molar-refractivity contribution in [3.8, 4) is 0 Å². The molecule has 1 N–H and O–H groups in total. The van der Waals surface area contributed by atoms with Crippen molar-refractivity contribution in [2.75, 3.05) is 13.7 Å². The monoisotopic (exact) mass is 187 g/mol. The van der Waals surface area contributed by atoms with Crippen LogP contribution < -0.4 is 5.32 Å². The highest BCUT2D eigenvalue weighted by molar-refractivity contribution is 5.69. The number of piperidine rings is 1. The quantitative estimate of drug-likeness (QED) is 0.669. The van der Waals surface area contributed by atoms with E-state index in [1.807, 2.05) is 13.8 Å². The summed E-state index contributed by atoms with van der Waals surface area (Å²) in [4.78, 5) is 10.8. The Balaban J connectivity index is 0.000000671. The van der Waals surface area contributed by atoms with E-state index in [1.54, 1.807) is 0 Å². The minimum absolute atomic E-state index is 0.107. The molecule has 1 saturated heterocycles. The predicted octanol–water partition coefficient (Wildman–Crippen LogP) is 1.72. The molecule has 1 fully saturated rings. The smallest absolute Gasteiger partial charge is 0.307 e. The molecule has 78 valence electrons. The van der Waals surface area contributed by atoms with Crippen LogP contribution in [0.5, 0.6) is 0 Å². The molecule has 1 aliphatic rings. The van der Waals surface area contributed by atoms with Crippen molar-refractivity contribution in [3.63, 3.8) is 0 Å². The highest BCUT2D eigenvalue weighted by atomic mass is 16.5. The summed E-state index contributed by atoms with van der Waals surface area (Å²) in [6.45, 7) is 5.04. The Bertz CT molecular complexity index is 131. The van der Waals surface area contributed by atoms with Gasteiger partial charge in [0.05, 0.1) is 13.5 Å². The highest BCUT2D eigenvalue weighted by Gasteiger charge is 2.15. The summed E-state index contributed by atoms with van der Waals surface area (Å²) in [6, 6.07) is 0.358. The Kier molecular flexibility index (Phi) is 7.69. The molecule has 0 amide bonds. The number of ether oxygens (including phenoxy) is 1. The second-order valence-electron chi connectivity index (χ2n) is 2.93. The third-order valence-electron chi connectivity index (χ3n) is 2.05. The summed E-state index contributed by atoms with van der Waals surface area (Å²) in [5.74, 6) is -0.107. The molecule has 0 bridgehead atoms. The molecular weight excluding hydrogens is 166 g/mol. The molecule has 0 aromatic heterocycles. The van der Waals surface area contributed by atoms with Crippen molar-refractivity contribution in [1.29, 1.82) is 0 Å². The number of hydrogen-bond acceptors (Lipinski definition) is 3. The van der Waals surface area contributed by atoms with Gasteiger partial charge in [-0.1, -0.05) is 20.3 Å². The maximum Gasteiger partial charge on any atom is 0.307 e. The molecule has 0 radical (unpaired) electrons. The molecule has 1 aliphatic heterocycles. The van der Waals surface area contributed by atoms with Gasteiger partial charge in [0.15, 0.2) is 0 Å². The van der Waals surface area contributed by atoms with E-state index < -0.39 is 0 Å². The number of esters is 1. The zero-order chi connectivity index (χ0) is 10.1. The van der Waals surface area contributed by atoms with Gasteiger partial charge in [-0.05, 0) is 19.4 Å². The summed E-state index contributed by atoms with van der Waals surface area (Å²) < 4.78 is 4.57. The average Bonchev–Trinajstić information content (AvgIpc) is 2.22. The van der Waals surface area contributed by atoms with E-state index in [-0.39, 0.29) is 5.97 Å². The molecule has 3 nitrogen and oxygen atoms in total. The molecule has 1 rings (SSSR count). The van der Waals surface area contributed by atoms with Gasteiger partial charge >= 0.3 is 5.97 Å². The third kappa shape index (κ3) is 5.64. The van der Waals surface area contributed by atoms with Crippen molar-refractivity contribution in [3.05, 3.63) is 0 Å². The van der Waals surface area contributed by atoms with Gasteiger partial charge in [0.25, 0.3) is 0 Å². The third-order valence-corrected chi connectivity index (χ3v) is 2.05. The van der Waals surface area contributed by atoms with E-state index in [0.717, 1.165) is 13.0 Å². The first-order chi connectivity index (χ1) is 6.33. The summed E-state index contributed by atoms with van der Waals surface area (Å²) in [5.41, 5.74) is 0. The van der Waals surface area contributed by atoms with Crippen LogP contribution in [0.25, 0.3) is 0 Å². The van der Waals surface area contributed by atoms with Crippen LogP contribution >= 0.6 is 0 Å². The van der Waals surface area contributed by atoms with E-state index in [4.69, 9.17) is 0 Å². The topological polar surface area (TPSA) is 38.3 Å². The lowest BCUT2D eigenvalue weighted by atomic mass is 10.0. The molecule has 3 heteroatoms. The van der Waals surface area contributed by atoms with Crippen LogP contribution in [0.3, 0.4) is 0 Å². The van der Waals surface area contributed by atoms with Gasteiger partial charge in [-0.3, -0.25) is 4.79 Å². The van der Waals surface area contributed by atoms with Gasteiger partial charge in [-0.25, -0.2) is 0 Å². The van der Waals surface area contributed by atoms with Gasteiger partial charge in [0.1, 0.15) is 0 Å². The van der Waals surface area contributed by atoms with Gasteiger partial charge in [0.2, 0.25) is 0 Å². The number of carbonyl (C=O) groups is 1. The Morgan fingerprint density at radius 1 is 1.46 bits per heavy atom. The molecule has 0 saturated carbocycles. The first kappa shape index (κ1) is 12.4. The predicted molar refractivity (Wildman–Crippen MR) is 53.6 cm³/mol. The fourth-order valence-electron chi connectivity index (χ4n) is 1.38. The van der Waals surface area contributed by atoms with E-state index in [2.05, 4.69) is 10.1 Å². The normalized spacial score (nSPS) is 21.3. The van der Waals surface area contributed by atoms with Crippen molar-refractivity contribution in [2.24, 2.45) is 0 Å². The second-order valence-corrected chi connectivity index (χ2v) is 2.93. The number of rotatable bonds is 2. The average molecular weight is 187 g/mol. The van der Waals surface area contributed by atoms with Crippen LogP contribution in [0.4, 0.5) is 0 Å². The molecule has 0 aliphatic carbocycles. The number of methoxy groups -OCH3 is 1. The molecule has 1 atom stereocenters. The molecule has 1 unspecified atom stereocenters. The first-order valence-electron chi connectivity index (χ1n) is 5.13. The van der Waals surface area contributed by atoms with Crippen molar-refractivity contribution >= 4 is 5.97 Å². The summed E-state index contributed by atoms with van der Waals surface area (Å²) in [6.07, 6.45) is 4.10. The number of hydrogen-bond donors (Lipinski definition) is 1. The molecular formula is C10H21NO2. The lowest BCUT2D eigenvalue weighted by Crippen LogP contribution is -2.35. The lowest BCUT2D eigenvalue weighted by Gasteiger charge is -2.21. The Morgan fingerprint density at radius 3 is 2.62 bits per heavy atom. The maximum absolute atomic E-state index is 10.8. The second kappa shape index (κ2) is 8.05. The van der Waals surface area contributed by atoms with Crippen LogP contribution in [0.15, 0.2) is 0 Å². The van der Waals surface area contributed by atoms with Crippen LogP contribution in [0.2, 0.25) is 0 Å². The summed E-state index contributed by atoms with van der Waals surface area (Å²) in [5, 5.41) is 3.28. The van der Waals surface area contributed by atoms with Gasteiger partial charge < -0.3 is 10.1 Å². The molecule has 0 aromatic carbocycles. The minimum atomic E-state index is -0.107. The minimum Gasteiger partial charge on any atom is -0.469 e. The fraction of sp³-hybridized carbons (Fsp3) is 0.900. The SMILES string of the molecule is CC.COC(=O)CC1CCCCN1. The zero-order valence-corrected chi connectivity index (χ0v) is 8.93. The van der Waals surface area contributed by atoms with Crippen molar-refractivity contribution in [1.82, 2.24) is 5.32 Å². The number of nitrogens with one attached hydrogen (secondary N) is 1. The van der Waals surface area contributed by atoms with E-state index >= 15 is 0 Å². The summed E-state index contributed by atoms with van der Waals surface area (Å²) >= 11 is 0. The largest absolute Gasteiger partial charge is 0.469 e. The lowest BCUT2D eigenvalue weighted by molar-refractivity contribution is -0.141. The van der Waals surface area contributed by atoms with E-state index in [1.165, 1.54) is 20.0 Å². The van der Waals surface area contributed by atoms with Crippen molar-refractivity contribution in [2.45, 2.75) is 45.6 Å². The van der Waals surface area contributed by atoms with Crippen LogP contribution in [-0.2, 0) is 9.53 Å². The van der Waals surface area contributed by atoms with Gasteiger partial charge in [-0.2, -0.15) is 0 Å². The molecule has 0 aromatic rings. The van der Waals surface area contributed by atoms with E-state index in [9.17, 15) is 4.79 Å². The van der Waals surface area contributed by atoms with E-state index in [0.29, 0.717) is 12.5 Å². The van der Waals surface area contributed by atoms with Crippen LogP contribution in [-0.4, -0.2) is 25.7 Å². The van der Waals surface area contributed by atoms with Crippen LogP contribution in [0, 0.1) is 0 Å². The molecule has 1 heterocycles. The first-order valence-corrected chi connectivity index (χ1v) is 5.13. The van der Waals surface area contributed by atoms with Gasteiger partial charge in [0, 0.05) is 6.04 Å². The standard InChI is InChI=1S/C8H15NO2.C2H6/c1-11-8(10)6-7-4-2-3-5-9-7;1-2/h7,9H,2-6H2,1H3;1-2H3. The Morgan fingerprint density at radius 2 is 2.15 bits per heavy atom.